The van der Waals surface area contributed by atoms with Crippen LogP contribution in [0.3, 0.4) is 0 Å². The zero-order valence-electron chi connectivity index (χ0n) is 10.3. The molecular formula is C14H12ClNO2S. The average molecular weight is 294 g/mol. The Balaban J connectivity index is 2.45. The molecular weight excluding hydrogens is 282 g/mol. The number of rotatable bonds is 4. The van der Waals surface area contributed by atoms with Crippen molar-refractivity contribution in [1.82, 2.24) is 4.98 Å². The Hall–Kier alpha value is -1.52. The molecule has 5 heteroatoms. The SMILES string of the molecule is CCSc1cc(-c2ccc(Cl)cc2)cnc1C(=O)O. The summed E-state index contributed by atoms with van der Waals surface area (Å²) >= 11 is 7.32. The molecule has 1 aromatic heterocycles. The molecule has 19 heavy (non-hydrogen) atoms. The second-order valence-electron chi connectivity index (χ2n) is 3.82. The Labute approximate surface area is 120 Å². The van der Waals surface area contributed by atoms with Crippen LogP contribution in [0, 0.1) is 0 Å². The van der Waals surface area contributed by atoms with Crippen LogP contribution >= 0.6 is 23.4 Å². The van der Waals surface area contributed by atoms with Crippen molar-refractivity contribution in [2.75, 3.05) is 5.75 Å². The van der Waals surface area contributed by atoms with Crippen molar-refractivity contribution in [2.24, 2.45) is 0 Å². The molecule has 0 atom stereocenters. The summed E-state index contributed by atoms with van der Waals surface area (Å²) in [7, 11) is 0. The molecule has 1 N–H and O–H groups in total. The van der Waals surface area contributed by atoms with E-state index >= 15 is 0 Å². The predicted molar refractivity (Wildman–Crippen MR) is 78.0 cm³/mol. The van der Waals surface area contributed by atoms with Crippen LogP contribution in [0.25, 0.3) is 11.1 Å². The Bertz CT molecular complexity index is 599. The van der Waals surface area contributed by atoms with E-state index in [2.05, 4.69) is 4.98 Å². The van der Waals surface area contributed by atoms with Crippen molar-refractivity contribution in [3.8, 4) is 11.1 Å². The highest BCUT2D eigenvalue weighted by Gasteiger charge is 2.13. The third-order valence-electron chi connectivity index (χ3n) is 2.53. The summed E-state index contributed by atoms with van der Waals surface area (Å²) in [5, 5.41) is 9.77. The molecule has 0 aliphatic rings. The van der Waals surface area contributed by atoms with Gasteiger partial charge >= 0.3 is 5.97 Å². The van der Waals surface area contributed by atoms with Gasteiger partial charge in [0.1, 0.15) is 0 Å². The summed E-state index contributed by atoms with van der Waals surface area (Å²) < 4.78 is 0. The van der Waals surface area contributed by atoms with Gasteiger partial charge in [0.05, 0.1) is 0 Å². The lowest BCUT2D eigenvalue weighted by Crippen LogP contribution is -2.03. The number of nitrogens with zero attached hydrogens (tertiary/aromatic N) is 1. The highest BCUT2D eigenvalue weighted by Crippen LogP contribution is 2.28. The van der Waals surface area contributed by atoms with Crippen molar-refractivity contribution in [3.63, 3.8) is 0 Å². The van der Waals surface area contributed by atoms with Crippen LogP contribution in [0.5, 0.6) is 0 Å². The Kier molecular flexibility index (Phi) is 4.45. The number of halogens is 1. The maximum Gasteiger partial charge on any atom is 0.355 e. The second-order valence-corrected chi connectivity index (χ2v) is 5.56. The van der Waals surface area contributed by atoms with Gasteiger partial charge < -0.3 is 5.11 Å². The molecule has 0 aliphatic carbocycles. The fraction of sp³-hybridized carbons (Fsp3) is 0.143. The molecule has 0 saturated heterocycles. The van der Waals surface area contributed by atoms with Crippen molar-refractivity contribution in [1.29, 1.82) is 0 Å². The standard InChI is InChI=1S/C14H12ClNO2S/c1-2-19-12-7-10(8-16-13(12)14(17)18)9-3-5-11(15)6-4-9/h3-8H,2H2,1H3,(H,17,18). The minimum Gasteiger partial charge on any atom is -0.476 e. The van der Waals surface area contributed by atoms with Gasteiger partial charge in [0, 0.05) is 21.7 Å². The highest BCUT2D eigenvalue weighted by atomic mass is 35.5. The molecule has 1 aromatic carbocycles. The smallest absolute Gasteiger partial charge is 0.355 e. The van der Waals surface area contributed by atoms with Crippen LogP contribution in [0.1, 0.15) is 17.4 Å². The number of aromatic carboxylic acids is 1. The maximum absolute atomic E-state index is 11.1. The van der Waals surface area contributed by atoms with E-state index in [4.69, 9.17) is 16.7 Å². The minimum atomic E-state index is -1.00. The fourth-order valence-corrected chi connectivity index (χ4v) is 2.59. The number of hydrogen-bond acceptors (Lipinski definition) is 3. The van der Waals surface area contributed by atoms with Gasteiger partial charge in [-0.3, -0.25) is 0 Å². The molecule has 0 aliphatic heterocycles. The van der Waals surface area contributed by atoms with E-state index in [9.17, 15) is 4.79 Å². The van der Waals surface area contributed by atoms with E-state index in [1.54, 1.807) is 18.3 Å². The molecule has 0 saturated carbocycles. The second kappa shape index (κ2) is 6.08. The predicted octanol–water partition coefficient (Wildman–Crippen LogP) is 4.21. The van der Waals surface area contributed by atoms with Gasteiger partial charge in [-0.25, -0.2) is 9.78 Å². The zero-order valence-corrected chi connectivity index (χ0v) is 11.8. The minimum absolute atomic E-state index is 0.101. The van der Waals surface area contributed by atoms with Crippen molar-refractivity contribution >= 4 is 29.3 Å². The number of pyridine rings is 1. The van der Waals surface area contributed by atoms with E-state index in [1.807, 2.05) is 25.1 Å². The van der Waals surface area contributed by atoms with Gasteiger partial charge in [-0.15, -0.1) is 11.8 Å². The first kappa shape index (κ1) is 13.9. The molecule has 0 unspecified atom stereocenters. The number of aromatic nitrogens is 1. The molecule has 3 nitrogen and oxygen atoms in total. The number of carboxylic acid groups (broad SMARTS) is 1. The van der Waals surface area contributed by atoms with Gasteiger partial charge in [-0.1, -0.05) is 30.7 Å². The zero-order chi connectivity index (χ0) is 13.8. The van der Waals surface area contributed by atoms with Gasteiger partial charge in [0.15, 0.2) is 5.69 Å². The largest absolute Gasteiger partial charge is 0.476 e. The van der Waals surface area contributed by atoms with E-state index in [0.29, 0.717) is 9.92 Å². The van der Waals surface area contributed by atoms with Crippen LogP contribution in [0.15, 0.2) is 41.4 Å². The number of carboxylic acids is 1. The van der Waals surface area contributed by atoms with E-state index in [0.717, 1.165) is 16.9 Å². The first-order chi connectivity index (χ1) is 9.11. The fourth-order valence-electron chi connectivity index (χ4n) is 1.67. The normalized spacial score (nSPS) is 10.4. The van der Waals surface area contributed by atoms with Crippen molar-refractivity contribution < 1.29 is 9.90 Å². The number of benzene rings is 1. The third kappa shape index (κ3) is 3.28. The summed E-state index contributed by atoms with van der Waals surface area (Å²) in [6.45, 7) is 1.98. The summed E-state index contributed by atoms with van der Waals surface area (Å²) in [6, 6.07) is 9.23. The molecule has 0 fully saturated rings. The lowest BCUT2D eigenvalue weighted by atomic mass is 10.1. The third-order valence-corrected chi connectivity index (χ3v) is 3.70. The van der Waals surface area contributed by atoms with E-state index < -0.39 is 5.97 Å². The van der Waals surface area contributed by atoms with Gasteiger partial charge in [-0.2, -0.15) is 0 Å². The van der Waals surface area contributed by atoms with E-state index in [1.165, 1.54) is 11.8 Å². The molecule has 2 rings (SSSR count). The average Bonchev–Trinajstić information content (AvgIpc) is 2.39. The summed E-state index contributed by atoms with van der Waals surface area (Å²) in [5.41, 5.74) is 1.95. The topological polar surface area (TPSA) is 50.2 Å². The monoisotopic (exact) mass is 293 g/mol. The van der Waals surface area contributed by atoms with Crippen molar-refractivity contribution in [2.45, 2.75) is 11.8 Å². The van der Waals surface area contributed by atoms with Crippen LogP contribution < -0.4 is 0 Å². The molecule has 1 heterocycles. The summed E-state index contributed by atoms with van der Waals surface area (Å²) in [4.78, 5) is 15.8. The maximum atomic E-state index is 11.1. The molecule has 0 amide bonds. The molecule has 0 radical (unpaired) electrons. The summed E-state index contributed by atoms with van der Waals surface area (Å²) in [6.07, 6.45) is 1.58. The number of carbonyl (C=O) groups is 1. The van der Waals surface area contributed by atoms with Gasteiger partial charge in [0.25, 0.3) is 0 Å². The molecule has 0 spiro atoms. The van der Waals surface area contributed by atoms with Crippen LogP contribution in [-0.4, -0.2) is 21.8 Å². The first-order valence-electron chi connectivity index (χ1n) is 5.74. The molecule has 2 aromatic rings. The molecule has 98 valence electrons. The Morgan fingerprint density at radius 1 is 1.32 bits per heavy atom. The number of thioether (sulfide) groups is 1. The van der Waals surface area contributed by atoms with Crippen LogP contribution in [-0.2, 0) is 0 Å². The van der Waals surface area contributed by atoms with Crippen LogP contribution in [0.2, 0.25) is 5.02 Å². The molecule has 0 bridgehead atoms. The van der Waals surface area contributed by atoms with Gasteiger partial charge in [-0.05, 0) is 29.5 Å². The lowest BCUT2D eigenvalue weighted by molar-refractivity contribution is 0.0686. The number of hydrogen-bond donors (Lipinski definition) is 1. The highest BCUT2D eigenvalue weighted by molar-refractivity contribution is 7.99. The first-order valence-corrected chi connectivity index (χ1v) is 7.10. The van der Waals surface area contributed by atoms with Gasteiger partial charge in [0.2, 0.25) is 0 Å². The lowest BCUT2D eigenvalue weighted by Gasteiger charge is -2.07. The quantitative estimate of drug-likeness (QED) is 0.858. The van der Waals surface area contributed by atoms with Crippen molar-refractivity contribution in [3.05, 3.63) is 47.2 Å². The van der Waals surface area contributed by atoms with E-state index in [-0.39, 0.29) is 5.69 Å². The van der Waals surface area contributed by atoms with Crippen LogP contribution in [0.4, 0.5) is 0 Å². The summed E-state index contributed by atoms with van der Waals surface area (Å²) in [5.74, 6) is -0.204. The Morgan fingerprint density at radius 2 is 2.00 bits per heavy atom. The Morgan fingerprint density at radius 3 is 2.58 bits per heavy atom.